The van der Waals surface area contributed by atoms with E-state index >= 15 is 0 Å². The van der Waals surface area contributed by atoms with Crippen molar-refractivity contribution in [1.82, 2.24) is 0 Å². The second-order valence-corrected chi connectivity index (χ2v) is 2.39. The van der Waals surface area contributed by atoms with Gasteiger partial charge in [0.1, 0.15) is 0 Å². The average Bonchev–Trinajstić information content (AvgIpc) is 2.25. The van der Waals surface area contributed by atoms with Gasteiger partial charge in [0.2, 0.25) is 0 Å². The van der Waals surface area contributed by atoms with Gasteiger partial charge in [0, 0.05) is 0 Å². The predicted molar refractivity (Wildman–Crippen MR) is 34.4 cm³/mol. The molecule has 0 spiro atoms. The van der Waals surface area contributed by atoms with E-state index in [1.54, 1.807) is 0 Å². The predicted octanol–water partition coefficient (Wildman–Crippen LogP) is 2.83. The minimum Gasteiger partial charge on any atom is -0.0656 e. The lowest BCUT2D eigenvalue weighted by atomic mass is 10.5. The lowest BCUT2D eigenvalue weighted by Gasteiger charge is -1.53. The van der Waals surface area contributed by atoms with Crippen LogP contribution in [0.15, 0.2) is 0 Å². The van der Waals surface area contributed by atoms with E-state index < -0.39 is 0 Å². The van der Waals surface area contributed by atoms with Gasteiger partial charge in [-0.2, -0.15) is 0 Å². The highest BCUT2D eigenvalue weighted by molar-refractivity contribution is 4.65. The van der Waals surface area contributed by atoms with Crippen LogP contribution in [0.1, 0.15) is 40.0 Å². The minimum atomic E-state index is 1.08. The fourth-order valence-corrected chi connectivity index (χ4v) is 0.167. The summed E-state index contributed by atoms with van der Waals surface area (Å²) in [5.74, 6) is 1.08. The van der Waals surface area contributed by atoms with Crippen LogP contribution in [-0.2, 0) is 0 Å². The smallest absolute Gasteiger partial charge is 0.0443 e. The van der Waals surface area contributed by atoms with Crippen LogP contribution < -0.4 is 0 Å². The molecule has 0 aromatic carbocycles. The minimum absolute atomic E-state index is 1.08. The molecule has 1 rings (SSSR count). The standard InChI is InChI=1S/C4H8.C3H8/c1-4-2-3-4;1-3-2/h4H,2-3H2,1H3;3H2,1-2H3. The molecule has 0 saturated heterocycles. The third-order valence-corrected chi connectivity index (χ3v) is 0.866. The molecule has 1 saturated carbocycles. The van der Waals surface area contributed by atoms with E-state index in [2.05, 4.69) is 20.8 Å². The first-order chi connectivity index (χ1) is 3.31. The summed E-state index contributed by atoms with van der Waals surface area (Å²) in [7, 11) is 0. The second kappa shape index (κ2) is 4.17. The van der Waals surface area contributed by atoms with Crippen LogP contribution in [0.4, 0.5) is 0 Å². The monoisotopic (exact) mass is 100 g/mol. The molecule has 0 heterocycles. The van der Waals surface area contributed by atoms with Crippen LogP contribution in [0, 0.1) is 5.92 Å². The molecule has 0 nitrogen and oxygen atoms in total. The van der Waals surface area contributed by atoms with Gasteiger partial charge in [0.25, 0.3) is 0 Å². The fraction of sp³-hybridized carbons (Fsp3) is 1.00. The Hall–Kier alpha value is 0. The van der Waals surface area contributed by atoms with Gasteiger partial charge in [-0.3, -0.25) is 0 Å². The first kappa shape index (κ1) is 7.00. The molecule has 7 heavy (non-hydrogen) atoms. The SMILES string of the molecule is CC1CC1.CCC. The zero-order valence-electron chi connectivity index (χ0n) is 5.70. The van der Waals surface area contributed by atoms with Crippen LogP contribution in [0.2, 0.25) is 0 Å². The average molecular weight is 100 g/mol. The second-order valence-electron chi connectivity index (χ2n) is 2.39. The molecule has 0 atom stereocenters. The number of rotatable bonds is 0. The van der Waals surface area contributed by atoms with Crippen molar-refractivity contribution < 1.29 is 0 Å². The Bertz CT molecular complexity index is 27.0. The summed E-state index contributed by atoms with van der Waals surface area (Å²) in [5, 5.41) is 0. The molecular formula is C7H16. The Morgan fingerprint density at radius 3 is 1.43 bits per heavy atom. The van der Waals surface area contributed by atoms with Gasteiger partial charge in [0.15, 0.2) is 0 Å². The van der Waals surface area contributed by atoms with E-state index in [0.29, 0.717) is 0 Å². The summed E-state index contributed by atoms with van der Waals surface area (Å²) in [6, 6.07) is 0. The molecule has 0 radical (unpaired) electrons. The summed E-state index contributed by atoms with van der Waals surface area (Å²) in [5.41, 5.74) is 0. The van der Waals surface area contributed by atoms with Crippen LogP contribution in [0.5, 0.6) is 0 Å². The molecule has 0 aromatic rings. The highest BCUT2D eigenvalue weighted by Crippen LogP contribution is 2.26. The maximum atomic E-state index is 2.28. The highest BCUT2D eigenvalue weighted by Gasteiger charge is 2.12. The van der Waals surface area contributed by atoms with Gasteiger partial charge >= 0.3 is 0 Å². The van der Waals surface area contributed by atoms with Gasteiger partial charge in [-0.05, 0) is 5.92 Å². The van der Waals surface area contributed by atoms with E-state index in [1.807, 2.05) is 0 Å². The largest absolute Gasteiger partial charge is 0.0656 e. The Morgan fingerprint density at radius 2 is 1.43 bits per heavy atom. The van der Waals surface area contributed by atoms with E-state index in [4.69, 9.17) is 0 Å². The van der Waals surface area contributed by atoms with Crippen molar-refractivity contribution in [2.24, 2.45) is 5.92 Å². The normalized spacial score (nSPS) is 17.6. The summed E-state index contributed by atoms with van der Waals surface area (Å²) in [6.07, 6.45) is 4.22. The zero-order valence-corrected chi connectivity index (χ0v) is 5.70. The van der Waals surface area contributed by atoms with Gasteiger partial charge in [0.05, 0.1) is 0 Å². The number of hydrogen-bond donors (Lipinski definition) is 0. The Balaban J connectivity index is 0.000000110. The summed E-state index contributed by atoms with van der Waals surface area (Å²) in [6.45, 7) is 6.53. The molecule has 0 N–H and O–H groups in total. The highest BCUT2D eigenvalue weighted by atomic mass is 14.2. The third-order valence-electron chi connectivity index (χ3n) is 0.866. The van der Waals surface area contributed by atoms with Crippen LogP contribution in [0.3, 0.4) is 0 Å². The van der Waals surface area contributed by atoms with Crippen LogP contribution >= 0.6 is 0 Å². The van der Waals surface area contributed by atoms with Gasteiger partial charge < -0.3 is 0 Å². The Labute approximate surface area is 46.9 Å². The van der Waals surface area contributed by atoms with Crippen LogP contribution in [0.25, 0.3) is 0 Å². The lowest BCUT2D eigenvalue weighted by Crippen LogP contribution is -1.42. The van der Waals surface area contributed by atoms with E-state index in [1.165, 1.54) is 19.3 Å². The molecule has 0 aliphatic heterocycles. The quantitative estimate of drug-likeness (QED) is 0.439. The van der Waals surface area contributed by atoms with Crippen molar-refractivity contribution in [2.45, 2.75) is 40.0 Å². The van der Waals surface area contributed by atoms with Crippen molar-refractivity contribution in [3.05, 3.63) is 0 Å². The van der Waals surface area contributed by atoms with Gasteiger partial charge in [-0.25, -0.2) is 0 Å². The molecular weight excluding hydrogens is 84.1 g/mol. The van der Waals surface area contributed by atoms with Gasteiger partial charge in [-0.15, -0.1) is 0 Å². The molecule has 1 fully saturated rings. The van der Waals surface area contributed by atoms with Crippen molar-refractivity contribution >= 4 is 0 Å². The Morgan fingerprint density at radius 1 is 1.29 bits per heavy atom. The van der Waals surface area contributed by atoms with Crippen LogP contribution in [-0.4, -0.2) is 0 Å². The first-order valence-electron chi connectivity index (χ1n) is 3.31. The maximum Gasteiger partial charge on any atom is -0.0443 e. The van der Waals surface area contributed by atoms with Crippen molar-refractivity contribution in [2.75, 3.05) is 0 Å². The fourth-order valence-electron chi connectivity index (χ4n) is 0.167. The Kier molecular flexibility index (Phi) is 4.17. The molecule has 1 aliphatic rings. The van der Waals surface area contributed by atoms with Crippen molar-refractivity contribution in [3.8, 4) is 0 Å². The lowest BCUT2D eigenvalue weighted by molar-refractivity contribution is 0.983. The van der Waals surface area contributed by atoms with E-state index in [9.17, 15) is 0 Å². The molecule has 0 unspecified atom stereocenters. The molecule has 44 valence electrons. The van der Waals surface area contributed by atoms with Gasteiger partial charge in [-0.1, -0.05) is 40.0 Å². The summed E-state index contributed by atoms with van der Waals surface area (Å²) < 4.78 is 0. The van der Waals surface area contributed by atoms with E-state index in [0.717, 1.165) is 5.92 Å². The van der Waals surface area contributed by atoms with Crippen molar-refractivity contribution in [3.63, 3.8) is 0 Å². The number of hydrogen-bond acceptors (Lipinski definition) is 0. The van der Waals surface area contributed by atoms with Crippen molar-refractivity contribution in [1.29, 1.82) is 0 Å². The molecule has 0 heteroatoms. The molecule has 0 amide bonds. The molecule has 0 bridgehead atoms. The maximum absolute atomic E-state index is 2.28. The summed E-state index contributed by atoms with van der Waals surface area (Å²) >= 11 is 0. The molecule has 1 aliphatic carbocycles. The zero-order chi connectivity index (χ0) is 5.70. The molecule has 0 aromatic heterocycles. The topological polar surface area (TPSA) is 0 Å². The first-order valence-corrected chi connectivity index (χ1v) is 3.31. The third kappa shape index (κ3) is 10.7. The van der Waals surface area contributed by atoms with E-state index in [-0.39, 0.29) is 0 Å². The summed E-state index contributed by atoms with van der Waals surface area (Å²) in [4.78, 5) is 0.